The average molecular weight is 403 g/mol. The van der Waals surface area contributed by atoms with Crippen LogP contribution in [0.5, 0.6) is 0 Å². The number of carbonyl (C=O) groups excluding carboxylic acids is 2. The maximum atomic E-state index is 12.7. The van der Waals surface area contributed by atoms with E-state index in [4.69, 9.17) is 11.6 Å². The van der Waals surface area contributed by atoms with Crippen molar-refractivity contribution >= 4 is 46.6 Å². The minimum atomic E-state index is -4.53. The van der Waals surface area contributed by atoms with E-state index in [9.17, 15) is 22.8 Å². The summed E-state index contributed by atoms with van der Waals surface area (Å²) in [5.74, 6) is -0.914. The Morgan fingerprint density at radius 2 is 1.58 bits per heavy atom. The van der Waals surface area contributed by atoms with Gasteiger partial charge >= 0.3 is 6.18 Å². The average Bonchev–Trinajstić information content (AvgIpc) is 2.56. The maximum absolute atomic E-state index is 12.7. The summed E-state index contributed by atoms with van der Waals surface area (Å²) in [6.07, 6.45) is -4.53. The van der Waals surface area contributed by atoms with Crippen LogP contribution in [-0.4, -0.2) is 23.3 Å². The lowest BCUT2D eigenvalue weighted by molar-refractivity contribution is -0.137. The lowest BCUT2D eigenvalue weighted by Crippen LogP contribution is -2.19. The number of rotatable bonds is 6. The summed E-state index contributed by atoms with van der Waals surface area (Å²) in [6.45, 7) is 0. The van der Waals surface area contributed by atoms with Crippen molar-refractivity contribution in [1.29, 1.82) is 0 Å². The number of hydrogen-bond acceptors (Lipinski definition) is 3. The van der Waals surface area contributed by atoms with E-state index in [-0.39, 0.29) is 28.1 Å². The predicted octanol–water partition coefficient (Wildman–Crippen LogP) is 4.67. The number of nitrogens with one attached hydrogen (secondary N) is 2. The Bertz CT molecular complexity index is 785. The molecular weight excluding hydrogens is 389 g/mol. The second-order valence-electron chi connectivity index (χ2n) is 5.15. The summed E-state index contributed by atoms with van der Waals surface area (Å²) >= 11 is 6.85. The lowest BCUT2D eigenvalue weighted by Gasteiger charge is -2.11. The third-order valence-electron chi connectivity index (χ3n) is 3.09. The van der Waals surface area contributed by atoms with Crippen molar-refractivity contribution in [3.05, 3.63) is 59.1 Å². The third-order valence-corrected chi connectivity index (χ3v) is 4.35. The Balaban J connectivity index is 1.83. The second-order valence-corrected chi connectivity index (χ2v) is 6.54. The number of anilines is 2. The van der Waals surface area contributed by atoms with Crippen molar-refractivity contribution in [3.63, 3.8) is 0 Å². The highest BCUT2D eigenvalue weighted by Gasteiger charge is 2.31. The van der Waals surface area contributed by atoms with E-state index in [2.05, 4.69) is 10.6 Å². The van der Waals surface area contributed by atoms with E-state index in [1.165, 1.54) is 0 Å². The van der Waals surface area contributed by atoms with Gasteiger partial charge in [-0.2, -0.15) is 13.2 Å². The first-order valence-corrected chi connectivity index (χ1v) is 8.88. The van der Waals surface area contributed by atoms with E-state index in [0.717, 1.165) is 30.0 Å². The number of para-hydroxylation sites is 1. The molecule has 0 radical (unpaired) electrons. The molecule has 2 amide bonds. The number of thioether (sulfide) groups is 1. The van der Waals surface area contributed by atoms with Crippen molar-refractivity contribution in [2.24, 2.45) is 0 Å². The van der Waals surface area contributed by atoms with Crippen LogP contribution in [0.4, 0.5) is 24.5 Å². The van der Waals surface area contributed by atoms with Crippen molar-refractivity contribution in [2.45, 2.75) is 6.18 Å². The molecule has 2 rings (SSSR count). The predicted molar refractivity (Wildman–Crippen MR) is 97.5 cm³/mol. The van der Waals surface area contributed by atoms with Crippen molar-refractivity contribution < 1.29 is 22.8 Å². The minimum absolute atomic E-state index is 0.00169. The molecule has 2 aromatic carbocycles. The Morgan fingerprint density at radius 3 is 2.19 bits per heavy atom. The van der Waals surface area contributed by atoms with Crippen LogP contribution in [0.2, 0.25) is 5.02 Å². The number of hydrogen-bond donors (Lipinski definition) is 2. The van der Waals surface area contributed by atoms with Gasteiger partial charge in [0.15, 0.2) is 0 Å². The fourth-order valence-electron chi connectivity index (χ4n) is 1.94. The molecule has 0 fully saturated rings. The van der Waals surface area contributed by atoms with Gasteiger partial charge < -0.3 is 10.6 Å². The zero-order chi connectivity index (χ0) is 19.2. The van der Waals surface area contributed by atoms with Crippen LogP contribution in [0.25, 0.3) is 0 Å². The molecule has 0 saturated heterocycles. The molecule has 0 spiro atoms. The highest BCUT2D eigenvalue weighted by atomic mass is 35.5. The molecule has 0 unspecified atom stereocenters. The van der Waals surface area contributed by atoms with Crippen LogP contribution >= 0.6 is 23.4 Å². The van der Waals surface area contributed by atoms with E-state index < -0.39 is 17.6 Å². The van der Waals surface area contributed by atoms with Crippen LogP contribution in [0.3, 0.4) is 0 Å². The van der Waals surface area contributed by atoms with Gasteiger partial charge in [-0.15, -0.1) is 11.8 Å². The Kier molecular flexibility index (Phi) is 6.93. The molecule has 138 valence electrons. The van der Waals surface area contributed by atoms with Gasteiger partial charge in [0, 0.05) is 5.69 Å². The first kappa shape index (κ1) is 20.1. The van der Waals surface area contributed by atoms with E-state index >= 15 is 0 Å². The number of halogens is 4. The molecule has 0 aromatic heterocycles. The highest BCUT2D eigenvalue weighted by Crippen LogP contribution is 2.33. The van der Waals surface area contributed by atoms with Gasteiger partial charge in [0.05, 0.1) is 27.8 Å². The number of alkyl halides is 3. The van der Waals surface area contributed by atoms with Crippen LogP contribution in [0.1, 0.15) is 5.56 Å². The van der Waals surface area contributed by atoms with Gasteiger partial charge in [-0.1, -0.05) is 29.8 Å². The molecule has 0 bridgehead atoms. The number of amides is 2. The Hall–Kier alpha value is -2.19. The lowest BCUT2D eigenvalue weighted by atomic mass is 10.2. The highest BCUT2D eigenvalue weighted by molar-refractivity contribution is 8.00. The van der Waals surface area contributed by atoms with Crippen molar-refractivity contribution in [1.82, 2.24) is 0 Å². The zero-order valence-corrected chi connectivity index (χ0v) is 14.8. The summed E-state index contributed by atoms with van der Waals surface area (Å²) < 4.78 is 38.1. The summed E-state index contributed by atoms with van der Waals surface area (Å²) in [5.41, 5.74) is -0.397. The molecule has 0 aliphatic rings. The van der Waals surface area contributed by atoms with Gasteiger partial charge in [-0.05, 0) is 30.3 Å². The summed E-state index contributed by atoms with van der Waals surface area (Å²) in [7, 11) is 0. The van der Waals surface area contributed by atoms with Crippen LogP contribution in [0, 0.1) is 0 Å². The minimum Gasteiger partial charge on any atom is -0.325 e. The molecule has 0 aliphatic carbocycles. The first-order valence-electron chi connectivity index (χ1n) is 7.35. The summed E-state index contributed by atoms with van der Waals surface area (Å²) in [4.78, 5) is 23.6. The van der Waals surface area contributed by atoms with Gasteiger partial charge in [-0.25, -0.2) is 0 Å². The van der Waals surface area contributed by atoms with Crippen LogP contribution < -0.4 is 10.6 Å². The van der Waals surface area contributed by atoms with Crippen LogP contribution in [-0.2, 0) is 15.8 Å². The monoisotopic (exact) mass is 402 g/mol. The second kappa shape index (κ2) is 8.95. The third kappa shape index (κ3) is 6.27. The smallest absolute Gasteiger partial charge is 0.325 e. The fraction of sp³-hybridized carbons (Fsp3) is 0.176. The van der Waals surface area contributed by atoms with E-state index in [0.29, 0.717) is 5.69 Å². The quantitative estimate of drug-likeness (QED) is 0.738. The molecule has 0 aliphatic heterocycles. The molecule has 0 saturated carbocycles. The van der Waals surface area contributed by atoms with E-state index in [1.807, 2.05) is 6.07 Å². The van der Waals surface area contributed by atoms with Crippen molar-refractivity contribution in [2.75, 3.05) is 22.1 Å². The van der Waals surface area contributed by atoms with Crippen molar-refractivity contribution in [3.8, 4) is 0 Å². The molecule has 0 atom stereocenters. The zero-order valence-electron chi connectivity index (χ0n) is 13.3. The van der Waals surface area contributed by atoms with Gasteiger partial charge in [0.25, 0.3) is 0 Å². The SMILES string of the molecule is O=C(CSCC(=O)Nc1cc(C(F)(F)F)ccc1Cl)Nc1ccccc1. The molecule has 2 N–H and O–H groups in total. The van der Waals surface area contributed by atoms with E-state index in [1.54, 1.807) is 24.3 Å². The molecule has 0 heterocycles. The Labute approximate surface area is 157 Å². The standard InChI is InChI=1S/C17H14ClF3N2O2S/c18-13-7-6-11(17(19,20)21)8-14(13)23-16(25)10-26-9-15(24)22-12-4-2-1-3-5-12/h1-8H,9-10H2,(H,22,24)(H,23,25). The maximum Gasteiger partial charge on any atom is 0.416 e. The number of carbonyl (C=O) groups is 2. The molecule has 2 aromatic rings. The first-order chi connectivity index (χ1) is 12.3. The van der Waals surface area contributed by atoms with Gasteiger partial charge in [0.2, 0.25) is 11.8 Å². The molecule has 9 heteroatoms. The fourth-order valence-corrected chi connectivity index (χ4v) is 2.72. The largest absolute Gasteiger partial charge is 0.416 e. The molecular formula is C17H14ClF3N2O2S. The van der Waals surface area contributed by atoms with Crippen LogP contribution in [0.15, 0.2) is 48.5 Å². The number of benzene rings is 2. The Morgan fingerprint density at radius 1 is 0.962 bits per heavy atom. The molecule has 26 heavy (non-hydrogen) atoms. The van der Waals surface area contributed by atoms with Gasteiger partial charge in [-0.3, -0.25) is 9.59 Å². The van der Waals surface area contributed by atoms with Gasteiger partial charge in [0.1, 0.15) is 0 Å². The normalized spacial score (nSPS) is 11.1. The molecule has 4 nitrogen and oxygen atoms in total. The summed E-state index contributed by atoms with van der Waals surface area (Å²) in [6, 6.07) is 11.5. The summed E-state index contributed by atoms with van der Waals surface area (Å²) in [5, 5.41) is 4.98. The topological polar surface area (TPSA) is 58.2 Å².